The van der Waals surface area contributed by atoms with Gasteiger partial charge in [0.1, 0.15) is 11.6 Å². The summed E-state index contributed by atoms with van der Waals surface area (Å²) in [5.74, 6) is -2.14. The van der Waals surface area contributed by atoms with Crippen molar-refractivity contribution < 1.29 is 23.5 Å². The number of carbonyl (C=O) groups excluding carboxylic acids is 2. The van der Waals surface area contributed by atoms with Crippen LogP contribution < -0.4 is 10.6 Å². The molecule has 0 bridgehead atoms. The van der Waals surface area contributed by atoms with Crippen molar-refractivity contribution in [1.29, 1.82) is 0 Å². The third kappa shape index (κ3) is 10.3. The van der Waals surface area contributed by atoms with Crippen LogP contribution in [0.2, 0.25) is 0 Å². The minimum atomic E-state index is -1.11. The molecule has 4 rings (SSSR count). The first-order valence-corrected chi connectivity index (χ1v) is 16.1. The van der Waals surface area contributed by atoms with E-state index in [1.54, 1.807) is 23.1 Å². The number of aliphatic hydroxyl groups excluding tert-OH is 1. The number of carbonyl (C=O) groups is 2. The van der Waals surface area contributed by atoms with E-state index in [1.807, 2.05) is 70.3 Å². The molecule has 0 saturated heterocycles. The molecule has 2 amide bonds. The molecule has 4 aromatic rings. The molecule has 248 valence electrons. The fraction of sp³-hybridized carbons (Fsp3) is 0.342. The topological polar surface area (TPSA) is 94.6 Å². The van der Waals surface area contributed by atoms with E-state index >= 15 is 0 Å². The maximum atomic E-state index is 14.1. The molecule has 2 atom stereocenters. The van der Waals surface area contributed by atoms with Crippen LogP contribution in [0.4, 0.5) is 8.78 Å². The summed E-state index contributed by atoms with van der Waals surface area (Å²) in [6.07, 6.45) is 2.32. The van der Waals surface area contributed by atoms with E-state index in [9.17, 15) is 23.5 Å². The number of benzene rings is 3. The van der Waals surface area contributed by atoms with Crippen LogP contribution in [-0.2, 0) is 13.0 Å². The van der Waals surface area contributed by atoms with Gasteiger partial charge in [0.15, 0.2) is 0 Å². The van der Waals surface area contributed by atoms with Gasteiger partial charge in [0.05, 0.1) is 17.8 Å². The summed E-state index contributed by atoms with van der Waals surface area (Å²) in [5.41, 5.74) is 5.57. The minimum absolute atomic E-state index is 0.0176. The first-order valence-electron chi connectivity index (χ1n) is 16.1. The highest BCUT2D eigenvalue weighted by Gasteiger charge is 2.24. The number of aryl methyl sites for hydroxylation is 2. The number of aliphatic hydroxyl groups is 1. The van der Waals surface area contributed by atoms with Crippen LogP contribution >= 0.6 is 0 Å². The largest absolute Gasteiger partial charge is 0.390 e. The van der Waals surface area contributed by atoms with Gasteiger partial charge in [-0.3, -0.25) is 14.6 Å². The summed E-state index contributed by atoms with van der Waals surface area (Å²) in [6.45, 7) is 9.57. The number of amides is 2. The van der Waals surface area contributed by atoms with Gasteiger partial charge in [0.25, 0.3) is 11.8 Å². The summed E-state index contributed by atoms with van der Waals surface area (Å²) in [6, 6.07) is 19.1. The summed E-state index contributed by atoms with van der Waals surface area (Å²) in [4.78, 5) is 33.2. The molecule has 1 heterocycles. The monoisotopic (exact) mass is 642 g/mol. The van der Waals surface area contributed by atoms with Gasteiger partial charge in [-0.1, -0.05) is 38.1 Å². The molecule has 0 fully saturated rings. The van der Waals surface area contributed by atoms with Gasteiger partial charge in [-0.2, -0.15) is 0 Å². The van der Waals surface area contributed by atoms with Crippen LogP contribution in [-0.4, -0.2) is 58.6 Å². The Morgan fingerprint density at radius 3 is 2.21 bits per heavy atom. The molecule has 0 unspecified atom stereocenters. The first-order chi connectivity index (χ1) is 22.6. The van der Waals surface area contributed by atoms with Crippen LogP contribution in [0.3, 0.4) is 0 Å². The molecule has 0 aliphatic carbocycles. The van der Waals surface area contributed by atoms with Crippen molar-refractivity contribution in [2.45, 2.75) is 65.6 Å². The lowest BCUT2D eigenvalue weighted by molar-refractivity contribution is 0.0755. The predicted octanol–water partition coefficient (Wildman–Crippen LogP) is 6.40. The van der Waals surface area contributed by atoms with Crippen molar-refractivity contribution in [3.05, 3.63) is 124 Å². The predicted molar refractivity (Wildman–Crippen MR) is 181 cm³/mol. The molecule has 47 heavy (non-hydrogen) atoms. The number of hydrogen-bond acceptors (Lipinski definition) is 5. The Morgan fingerprint density at radius 2 is 1.55 bits per heavy atom. The van der Waals surface area contributed by atoms with Crippen LogP contribution in [0.15, 0.2) is 79.0 Å². The van der Waals surface area contributed by atoms with Gasteiger partial charge >= 0.3 is 0 Å². The maximum Gasteiger partial charge on any atom is 0.253 e. The van der Waals surface area contributed by atoms with Crippen molar-refractivity contribution in [1.82, 2.24) is 20.5 Å². The van der Waals surface area contributed by atoms with Gasteiger partial charge < -0.3 is 20.6 Å². The van der Waals surface area contributed by atoms with Gasteiger partial charge in [0, 0.05) is 55.1 Å². The zero-order valence-electron chi connectivity index (χ0n) is 27.5. The maximum absolute atomic E-state index is 14.1. The zero-order chi connectivity index (χ0) is 33.9. The average Bonchev–Trinajstić information content (AvgIpc) is 3.03. The van der Waals surface area contributed by atoms with Gasteiger partial charge in [-0.15, -0.1) is 0 Å². The Balaban J connectivity index is 1.50. The highest BCUT2D eigenvalue weighted by molar-refractivity contribution is 6.00. The molecule has 1 aromatic heterocycles. The second-order valence-electron chi connectivity index (χ2n) is 12.1. The quantitative estimate of drug-likeness (QED) is 0.140. The van der Waals surface area contributed by atoms with Crippen molar-refractivity contribution in [2.75, 3.05) is 19.6 Å². The van der Waals surface area contributed by atoms with Crippen LogP contribution in [0.5, 0.6) is 0 Å². The van der Waals surface area contributed by atoms with E-state index in [-0.39, 0.29) is 24.4 Å². The summed E-state index contributed by atoms with van der Waals surface area (Å²) in [5, 5.41) is 17.4. The number of aromatic nitrogens is 1. The summed E-state index contributed by atoms with van der Waals surface area (Å²) < 4.78 is 28.1. The summed E-state index contributed by atoms with van der Waals surface area (Å²) in [7, 11) is 0. The third-order valence-corrected chi connectivity index (χ3v) is 7.84. The average molecular weight is 643 g/mol. The van der Waals surface area contributed by atoms with Crippen LogP contribution in [0.25, 0.3) is 11.3 Å². The highest BCUT2D eigenvalue weighted by atomic mass is 19.1. The molecular weight excluding hydrogens is 598 g/mol. The Hall–Kier alpha value is -4.47. The van der Waals surface area contributed by atoms with E-state index in [2.05, 4.69) is 15.6 Å². The Kier molecular flexibility index (Phi) is 12.7. The molecule has 9 heteroatoms. The second-order valence-corrected chi connectivity index (χ2v) is 12.1. The van der Waals surface area contributed by atoms with E-state index in [0.29, 0.717) is 30.8 Å². The lowest BCUT2D eigenvalue weighted by Gasteiger charge is -2.25. The second kappa shape index (κ2) is 16.9. The molecule has 3 N–H and O–H groups in total. The van der Waals surface area contributed by atoms with E-state index in [4.69, 9.17) is 0 Å². The number of pyridine rings is 1. The molecule has 0 spiro atoms. The summed E-state index contributed by atoms with van der Waals surface area (Å²) >= 11 is 0. The van der Waals surface area contributed by atoms with Crippen LogP contribution in [0.1, 0.15) is 69.7 Å². The Bertz CT molecular complexity index is 1640. The SMILES string of the molecule is CCCN(CCC)C(=O)c1cc(C)cc(C(=O)N[C@@H](Cc2cc(F)cc(F)c2)[C@H](O)CNCc2cccc(-c3ccc(C)cn3)c2)c1. The number of nitrogens with zero attached hydrogens (tertiary/aromatic N) is 2. The van der Waals surface area contributed by atoms with Gasteiger partial charge in [0.2, 0.25) is 0 Å². The lowest BCUT2D eigenvalue weighted by atomic mass is 9.99. The van der Waals surface area contributed by atoms with Crippen LogP contribution in [0, 0.1) is 25.5 Å². The molecule has 3 aromatic carbocycles. The molecule has 0 aliphatic rings. The molecule has 0 radical (unpaired) electrons. The molecule has 7 nitrogen and oxygen atoms in total. The van der Waals surface area contributed by atoms with E-state index < -0.39 is 29.7 Å². The third-order valence-electron chi connectivity index (χ3n) is 7.84. The van der Waals surface area contributed by atoms with Crippen molar-refractivity contribution in [3.8, 4) is 11.3 Å². The van der Waals surface area contributed by atoms with E-state index in [1.165, 1.54) is 12.1 Å². The van der Waals surface area contributed by atoms with Crippen molar-refractivity contribution in [2.24, 2.45) is 0 Å². The smallest absolute Gasteiger partial charge is 0.253 e. The Labute approximate surface area is 276 Å². The lowest BCUT2D eigenvalue weighted by Crippen LogP contribution is -2.48. The highest BCUT2D eigenvalue weighted by Crippen LogP contribution is 2.19. The standard InChI is InChI=1S/C38H44F2N4O3/c1-5-12-44(13-6-2)38(47)31-15-26(4)14-30(20-31)37(46)43-35(19-28-17-32(39)21-33(40)18-28)36(45)24-41-23-27-8-7-9-29(16-27)34-11-10-25(3)22-42-34/h7-11,14-18,20-22,35-36,41,45H,5-6,12-13,19,23-24H2,1-4H3,(H,43,46)/t35-,36+/m0/s1. The number of hydrogen-bond donors (Lipinski definition) is 3. The molecule has 0 saturated carbocycles. The number of halogens is 2. The zero-order valence-corrected chi connectivity index (χ0v) is 27.5. The Morgan fingerprint density at radius 1 is 0.851 bits per heavy atom. The van der Waals surface area contributed by atoms with Crippen molar-refractivity contribution in [3.63, 3.8) is 0 Å². The first kappa shape index (κ1) is 35.4. The fourth-order valence-corrected chi connectivity index (χ4v) is 5.58. The van der Waals surface area contributed by atoms with E-state index in [0.717, 1.165) is 46.9 Å². The fourth-order valence-electron chi connectivity index (χ4n) is 5.58. The number of nitrogens with one attached hydrogen (secondary N) is 2. The number of rotatable bonds is 15. The molecule has 0 aliphatic heterocycles. The van der Waals surface area contributed by atoms with Gasteiger partial charge in [-0.05, 0) is 97.8 Å². The van der Waals surface area contributed by atoms with Gasteiger partial charge in [-0.25, -0.2) is 8.78 Å². The van der Waals surface area contributed by atoms with Crippen molar-refractivity contribution >= 4 is 11.8 Å². The normalized spacial score (nSPS) is 12.4. The minimum Gasteiger partial charge on any atom is -0.390 e. The molecular formula is C38H44F2N4O3.